The second-order valence-electron chi connectivity index (χ2n) is 10.9. The highest BCUT2D eigenvalue weighted by Gasteiger charge is 2.51. The molecule has 0 amide bonds. The minimum Gasteiger partial charge on any atom is -0.309 e. The minimum absolute atomic E-state index is 0.399. The smallest absolute Gasteiger partial charge is 0.0312 e. The van der Waals surface area contributed by atoms with Crippen LogP contribution in [-0.2, 0) is 6.54 Å². The van der Waals surface area contributed by atoms with Crippen LogP contribution in [0.25, 0.3) is 0 Å². The van der Waals surface area contributed by atoms with Crippen LogP contribution in [-0.4, -0.2) is 36.1 Å². The van der Waals surface area contributed by atoms with Gasteiger partial charge < -0.3 is 10.2 Å². The van der Waals surface area contributed by atoms with E-state index in [1.807, 2.05) is 18.5 Å². The van der Waals surface area contributed by atoms with Crippen LogP contribution in [0, 0.1) is 23.2 Å². The first kappa shape index (κ1) is 20.5. The molecule has 1 aromatic rings. The number of allylic oxidation sites excluding steroid dienone is 4. The fourth-order valence-corrected chi connectivity index (χ4v) is 7.24. The average molecular weight is 406 g/mol. The van der Waals surface area contributed by atoms with Crippen molar-refractivity contribution in [1.82, 2.24) is 15.2 Å². The third-order valence-corrected chi connectivity index (χ3v) is 9.13. The summed E-state index contributed by atoms with van der Waals surface area (Å²) in [5.74, 6) is 2.44. The van der Waals surface area contributed by atoms with Crippen LogP contribution < -0.4 is 5.32 Å². The first-order valence-corrected chi connectivity index (χ1v) is 12.2. The maximum atomic E-state index is 4.29. The van der Waals surface area contributed by atoms with Gasteiger partial charge in [0, 0.05) is 31.0 Å². The largest absolute Gasteiger partial charge is 0.309 e. The maximum Gasteiger partial charge on any atom is 0.0312 e. The van der Waals surface area contributed by atoms with E-state index in [-0.39, 0.29) is 0 Å². The fraction of sp³-hybridized carbons (Fsp3) is 0.667. The molecule has 0 aliphatic heterocycles. The van der Waals surface area contributed by atoms with Gasteiger partial charge in [0.05, 0.1) is 0 Å². The molecule has 3 heteroatoms. The molecule has 3 nitrogen and oxygen atoms in total. The van der Waals surface area contributed by atoms with Crippen LogP contribution in [0.1, 0.15) is 63.9 Å². The summed E-state index contributed by atoms with van der Waals surface area (Å²) in [6, 6.07) is 5.63. The van der Waals surface area contributed by atoms with E-state index in [2.05, 4.69) is 54.4 Å². The van der Waals surface area contributed by atoms with Gasteiger partial charge in [-0.2, -0.15) is 0 Å². The molecule has 0 bridgehead atoms. The number of nitrogens with zero attached hydrogens (tertiary/aromatic N) is 2. The molecule has 0 saturated heterocycles. The predicted octanol–water partition coefficient (Wildman–Crippen LogP) is 5.35. The molecule has 0 radical (unpaired) electrons. The zero-order valence-electron chi connectivity index (χ0n) is 19.1. The zero-order chi connectivity index (χ0) is 20.7. The fourth-order valence-electron chi connectivity index (χ4n) is 7.24. The Morgan fingerprint density at radius 2 is 2.07 bits per heavy atom. The number of pyridine rings is 1. The molecule has 1 heterocycles. The van der Waals surface area contributed by atoms with Gasteiger partial charge in [-0.1, -0.05) is 30.7 Å². The third-order valence-electron chi connectivity index (χ3n) is 9.13. The van der Waals surface area contributed by atoms with Gasteiger partial charge in [-0.3, -0.25) is 4.98 Å². The summed E-state index contributed by atoms with van der Waals surface area (Å²) in [6.45, 7) is 3.52. The normalized spacial score (nSPS) is 38.2. The van der Waals surface area contributed by atoms with Gasteiger partial charge in [0.25, 0.3) is 0 Å². The second-order valence-corrected chi connectivity index (χ2v) is 10.9. The molecule has 0 aromatic carbocycles. The van der Waals surface area contributed by atoms with E-state index in [0.29, 0.717) is 11.5 Å². The molecule has 4 aliphatic carbocycles. The SMILES string of the molecule is CN(C)C1CCC2=CC3=CCC4(C)C(NCc5cccnc5)CCC4C3CCC2C1. The Bertz CT molecular complexity index is 811. The van der Waals surface area contributed by atoms with Crippen molar-refractivity contribution in [3.8, 4) is 0 Å². The highest BCUT2D eigenvalue weighted by atomic mass is 15.1. The summed E-state index contributed by atoms with van der Waals surface area (Å²) < 4.78 is 0. The van der Waals surface area contributed by atoms with E-state index < -0.39 is 0 Å². The molecule has 30 heavy (non-hydrogen) atoms. The maximum absolute atomic E-state index is 4.29. The lowest BCUT2D eigenvalue weighted by Gasteiger charge is -2.44. The number of hydrogen-bond donors (Lipinski definition) is 1. The quantitative estimate of drug-likeness (QED) is 0.731. The number of hydrogen-bond acceptors (Lipinski definition) is 3. The Morgan fingerprint density at radius 1 is 1.17 bits per heavy atom. The summed E-state index contributed by atoms with van der Waals surface area (Å²) in [5.41, 5.74) is 5.17. The second kappa shape index (κ2) is 8.24. The van der Waals surface area contributed by atoms with Crippen molar-refractivity contribution in [2.45, 2.75) is 76.9 Å². The number of fused-ring (bicyclic) bond motifs is 4. The summed E-state index contributed by atoms with van der Waals surface area (Å²) in [6.07, 6.45) is 19.9. The number of nitrogens with one attached hydrogen (secondary N) is 1. The molecule has 2 saturated carbocycles. The minimum atomic E-state index is 0.399. The molecule has 6 atom stereocenters. The van der Waals surface area contributed by atoms with Gasteiger partial charge in [0.15, 0.2) is 0 Å². The van der Waals surface area contributed by atoms with Crippen LogP contribution in [0.4, 0.5) is 0 Å². The first-order chi connectivity index (χ1) is 14.5. The number of aromatic nitrogens is 1. The van der Waals surface area contributed by atoms with E-state index in [1.165, 1.54) is 56.9 Å². The van der Waals surface area contributed by atoms with Crippen LogP contribution in [0.15, 0.2) is 47.8 Å². The van der Waals surface area contributed by atoms with Crippen molar-refractivity contribution >= 4 is 0 Å². The van der Waals surface area contributed by atoms with Gasteiger partial charge in [-0.05, 0) is 106 Å². The summed E-state index contributed by atoms with van der Waals surface area (Å²) in [4.78, 5) is 6.74. The van der Waals surface area contributed by atoms with E-state index in [4.69, 9.17) is 0 Å². The molecular weight excluding hydrogens is 366 g/mol. The third kappa shape index (κ3) is 3.69. The monoisotopic (exact) mass is 405 g/mol. The Morgan fingerprint density at radius 3 is 2.87 bits per heavy atom. The highest BCUT2D eigenvalue weighted by molar-refractivity contribution is 5.34. The highest BCUT2D eigenvalue weighted by Crippen LogP contribution is 2.57. The lowest BCUT2D eigenvalue weighted by Crippen LogP contribution is -2.45. The van der Waals surface area contributed by atoms with Gasteiger partial charge in [0.1, 0.15) is 0 Å². The molecule has 1 aromatic heterocycles. The Balaban J connectivity index is 1.31. The van der Waals surface area contributed by atoms with Crippen molar-refractivity contribution in [2.75, 3.05) is 14.1 Å². The van der Waals surface area contributed by atoms with Crippen LogP contribution >= 0.6 is 0 Å². The van der Waals surface area contributed by atoms with Crippen molar-refractivity contribution in [3.05, 3.63) is 53.4 Å². The molecule has 1 N–H and O–H groups in total. The van der Waals surface area contributed by atoms with Crippen LogP contribution in [0.3, 0.4) is 0 Å². The molecule has 6 unspecified atom stereocenters. The van der Waals surface area contributed by atoms with E-state index in [9.17, 15) is 0 Å². The van der Waals surface area contributed by atoms with Crippen molar-refractivity contribution in [2.24, 2.45) is 23.2 Å². The predicted molar refractivity (Wildman–Crippen MR) is 124 cm³/mol. The summed E-state index contributed by atoms with van der Waals surface area (Å²) in [7, 11) is 4.53. The van der Waals surface area contributed by atoms with Crippen molar-refractivity contribution < 1.29 is 0 Å². The van der Waals surface area contributed by atoms with Crippen molar-refractivity contribution in [1.29, 1.82) is 0 Å². The van der Waals surface area contributed by atoms with Gasteiger partial charge in [0.2, 0.25) is 0 Å². The molecule has 162 valence electrons. The summed E-state index contributed by atoms with van der Waals surface area (Å²) >= 11 is 0. The Kier molecular flexibility index (Phi) is 5.62. The van der Waals surface area contributed by atoms with Gasteiger partial charge in [-0.15, -0.1) is 0 Å². The topological polar surface area (TPSA) is 28.2 Å². The first-order valence-electron chi connectivity index (χ1n) is 12.2. The molecule has 4 aliphatic rings. The lowest BCUT2D eigenvalue weighted by molar-refractivity contribution is 0.121. The van der Waals surface area contributed by atoms with Crippen molar-refractivity contribution in [3.63, 3.8) is 0 Å². The van der Waals surface area contributed by atoms with Crippen LogP contribution in [0.5, 0.6) is 0 Å². The van der Waals surface area contributed by atoms with Gasteiger partial charge in [-0.25, -0.2) is 0 Å². The zero-order valence-corrected chi connectivity index (χ0v) is 19.1. The van der Waals surface area contributed by atoms with Crippen LogP contribution in [0.2, 0.25) is 0 Å². The molecule has 2 fully saturated rings. The lowest BCUT2D eigenvalue weighted by atomic mass is 9.62. The standard InChI is InChI=1S/C27H39N3/c1-27-13-12-22-15-20-6-8-23(30(2)3)16-21(20)7-9-24(22)25(27)10-11-26(27)29-18-19-5-4-14-28-17-19/h4-5,12,14-15,17,21,23-26,29H,6-11,13,16,18H2,1-3H3. The van der Waals surface area contributed by atoms with E-state index in [1.54, 1.807) is 11.1 Å². The van der Waals surface area contributed by atoms with E-state index in [0.717, 1.165) is 30.3 Å². The summed E-state index contributed by atoms with van der Waals surface area (Å²) in [5, 5.41) is 3.93. The Hall–Kier alpha value is -1.45. The van der Waals surface area contributed by atoms with Gasteiger partial charge >= 0.3 is 0 Å². The number of rotatable bonds is 4. The average Bonchev–Trinajstić information content (AvgIpc) is 2.97. The Labute approximate surface area is 183 Å². The molecule has 0 spiro atoms. The van der Waals surface area contributed by atoms with E-state index >= 15 is 0 Å². The molecular formula is C27H39N3. The molecule has 5 rings (SSSR count).